The van der Waals surface area contributed by atoms with Gasteiger partial charge in [-0.3, -0.25) is 9.59 Å². The second-order valence-corrected chi connectivity index (χ2v) is 15.4. The second kappa shape index (κ2) is 8.57. The number of allylic oxidation sites excluding steroid dienone is 3. The van der Waals surface area contributed by atoms with Gasteiger partial charge in [0.15, 0.2) is 12.5 Å². The van der Waals surface area contributed by atoms with Crippen molar-refractivity contribution in [1.82, 2.24) is 10.4 Å². The second-order valence-electron chi connectivity index (χ2n) is 8.08. The number of rotatable bonds is 9. The molecule has 0 spiro atoms. The van der Waals surface area contributed by atoms with Gasteiger partial charge in [-0.2, -0.15) is 0 Å². The maximum Gasteiger partial charge on any atom is 0.289 e. The zero-order valence-electron chi connectivity index (χ0n) is 16.5. The minimum atomic E-state index is -2.21. The molecule has 0 radical (unpaired) electrons. The summed E-state index contributed by atoms with van der Waals surface area (Å²) in [4.78, 5) is 35.8. The summed E-state index contributed by atoms with van der Waals surface area (Å²) in [6, 6.07) is 0. The molecule has 5 unspecified atom stereocenters. The Morgan fingerprint density at radius 1 is 1.50 bits per heavy atom. The molecule has 0 aromatic rings. The number of amides is 2. The van der Waals surface area contributed by atoms with Crippen molar-refractivity contribution in [2.24, 2.45) is 4.58 Å². The topological polar surface area (TPSA) is 117 Å². The molecule has 0 aromatic carbocycles. The molecule has 3 aliphatic rings. The average Bonchev–Trinajstić information content (AvgIpc) is 3.17. The minimum absolute atomic E-state index is 0.135. The van der Waals surface area contributed by atoms with Crippen LogP contribution < -0.4 is 10.4 Å². The highest BCUT2D eigenvalue weighted by Gasteiger charge is 2.68. The number of hydrogen-bond acceptors (Lipinski definition) is 6. The summed E-state index contributed by atoms with van der Waals surface area (Å²) in [6.07, 6.45) is 6.72. The number of hydrogen-bond donors (Lipinski definition) is 3. The third-order valence-electron chi connectivity index (χ3n) is 5.82. The standard InChI is InChI=1S/C18H24ClFN3O5PS/c1-12(3-4-13(19)8-20)28-9-15(24)22-29-6-5-18(11-29,7-16(29)25)21-17(26)14-10-30(14,2)23-27/h3-4,8,14,16,25H,1,5-7,9-11H2,2H3,(H-,21,22,24,26)/p+1/b4-3-,13-8-. The number of carbonyl (C=O) groups excluding carboxylic acids is 2. The predicted molar refractivity (Wildman–Crippen MR) is 118 cm³/mol. The molecular weight excluding hydrogens is 456 g/mol. The van der Waals surface area contributed by atoms with E-state index in [1.54, 1.807) is 6.26 Å². The molecule has 3 heterocycles. The maximum atomic E-state index is 12.5. The lowest BCUT2D eigenvalue weighted by molar-refractivity contribution is -0.123. The fourth-order valence-electron chi connectivity index (χ4n) is 4.07. The van der Waals surface area contributed by atoms with E-state index in [9.17, 15) is 24.0 Å². The van der Waals surface area contributed by atoms with Crippen molar-refractivity contribution >= 4 is 41.0 Å². The number of nitrogens with zero attached hydrogens (tertiary/aromatic N) is 1. The highest BCUT2D eigenvalue weighted by atomic mass is 35.5. The first-order valence-electron chi connectivity index (χ1n) is 9.30. The zero-order chi connectivity index (χ0) is 22.2. The predicted octanol–water partition coefficient (Wildman–Crippen LogP) is 2.65. The van der Waals surface area contributed by atoms with Crippen LogP contribution in [0.5, 0.6) is 0 Å². The van der Waals surface area contributed by atoms with E-state index in [2.05, 4.69) is 21.6 Å². The summed E-state index contributed by atoms with van der Waals surface area (Å²) in [6.45, 7) is 3.29. The molecule has 0 saturated carbocycles. The highest BCUT2D eigenvalue weighted by Crippen LogP contribution is 2.73. The Morgan fingerprint density at radius 3 is 2.83 bits per heavy atom. The molecule has 12 heteroatoms. The molecule has 0 aliphatic carbocycles. The van der Waals surface area contributed by atoms with Crippen LogP contribution in [0.2, 0.25) is 0 Å². The molecule has 0 aromatic heterocycles. The van der Waals surface area contributed by atoms with Gasteiger partial charge in [0.25, 0.3) is 5.91 Å². The van der Waals surface area contributed by atoms with Crippen LogP contribution in [0.3, 0.4) is 0 Å². The number of ether oxygens (including phenoxy) is 1. The van der Waals surface area contributed by atoms with Crippen molar-refractivity contribution in [3.05, 3.63) is 40.8 Å². The van der Waals surface area contributed by atoms with E-state index in [1.165, 1.54) is 12.2 Å². The molecule has 30 heavy (non-hydrogen) atoms. The first kappa shape index (κ1) is 23.2. The monoisotopic (exact) mass is 480 g/mol. The third kappa shape index (κ3) is 4.72. The van der Waals surface area contributed by atoms with Crippen LogP contribution in [-0.2, 0) is 14.3 Å². The van der Waals surface area contributed by atoms with Crippen molar-refractivity contribution in [1.29, 1.82) is 0 Å². The molecule has 3 rings (SSSR count). The van der Waals surface area contributed by atoms with Crippen molar-refractivity contribution in [3.63, 3.8) is 0 Å². The molecular formula is C18H25ClFN3O5PS+. The molecule has 3 aliphatic heterocycles. The van der Waals surface area contributed by atoms with Gasteiger partial charge in [0.05, 0.1) is 22.0 Å². The van der Waals surface area contributed by atoms with Gasteiger partial charge in [-0.25, -0.2) is 9.48 Å². The van der Waals surface area contributed by atoms with Crippen molar-refractivity contribution < 1.29 is 23.8 Å². The summed E-state index contributed by atoms with van der Waals surface area (Å²) in [5, 5.41) is 16.2. The summed E-state index contributed by atoms with van der Waals surface area (Å²) in [5.41, 5.74) is -0.550. The van der Waals surface area contributed by atoms with Crippen molar-refractivity contribution in [2.75, 3.05) is 30.9 Å². The largest absolute Gasteiger partial charge is 0.484 e. The smallest absolute Gasteiger partial charge is 0.289 e. The number of nitrogens with one attached hydrogen (secondary N) is 2. The lowest BCUT2D eigenvalue weighted by Crippen LogP contribution is -2.50. The van der Waals surface area contributed by atoms with Crippen LogP contribution in [-0.4, -0.2) is 64.5 Å². The van der Waals surface area contributed by atoms with Crippen LogP contribution in [0.15, 0.2) is 40.4 Å². The molecule has 2 bridgehead atoms. The Morgan fingerprint density at radius 2 is 2.23 bits per heavy atom. The SMILES string of the molecule is C=C(/C=C\C(Cl)=C\F)OCC(=O)N[P+]12CCC(NC(=O)C3CS3(C)N=O)(CC1O)C2. The van der Waals surface area contributed by atoms with E-state index in [0.717, 1.165) is 0 Å². The van der Waals surface area contributed by atoms with Crippen molar-refractivity contribution in [3.8, 4) is 0 Å². The zero-order valence-corrected chi connectivity index (χ0v) is 18.9. The van der Waals surface area contributed by atoms with Crippen LogP contribution in [0, 0.1) is 4.91 Å². The van der Waals surface area contributed by atoms with Gasteiger partial charge in [0.1, 0.15) is 25.7 Å². The number of aliphatic hydroxyl groups is 1. The van der Waals surface area contributed by atoms with Crippen LogP contribution >= 0.6 is 29.2 Å². The average molecular weight is 481 g/mol. The highest BCUT2D eigenvalue weighted by molar-refractivity contribution is 8.39. The first-order chi connectivity index (χ1) is 14.1. The number of nitroso groups, excluding NO2 is 1. The van der Waals surface area contributed by atoms with E-state index >= 15 is 0 Å². The molecule has 8 nitrogen and oxygen atoms in total. The van der Waals surface area contributed by atoms with E-state index in [-0.39, 0.29) is 34.9 Å². The van der Waals surface area contributed by atoms with E-state index < -0.39 is 34.9 Å². The fourth-order valence-corrected chi connectivity index (χ4v) is 10.6. The summed E-state index contributed by atoms with van der Waals surface area (Å²) < 4.78 is 20.5. The van der Waals surface area contributed by atoms with Crippen LogP contribution in [0.25, 0.3) is 0 Å². The van der Waals surface area contributed by atoms with Gasteiger partial charge in [0.2, 0.25) is 5.91 Å². The van der Waals surface area contributed by atoms with Gasteiger partial charge in [-0.1, -0.05) is 28.4 Å². The number of fused-ring (bicyclic) bond motifs is 2. The number of halogens is 2. The Hall–Kier alpha value is -1.48. The Kier molecular flexibility index (Phi) is 6.63. The molecule has 3 fully saturated rings. The minimum Gasteiger partial charge on any atom is -0.484 e. The summed E-state index contributed by atoms with van der Waals surface area (Å²) in [7, 11) is -3.93. The van der Waals surface area contributed by atoms with Gasteiger partial charge < -0.3 is 15.2 Å². The molecule has 3 saturated heterocycles. The van der Waals surface area contributed by atoms with Gasteiger partial charge in [-0.15, -0.1) is 4.91 Å². The van der Waals surface area contributed by atoms with Crippen LogP contribution in [0.1, 0.15) is 12.8 Å². The number of aliphatic hydroxyl groups excluding tert-OH is 1. The quantitative estimate of drug-likeness (QED) is 0.154. The Labute approximate surface area is 181 Å². The molecule has 2 amide bonds. The van der Waals surface area contributed by atoms with E-state index in [0.29, 0.717) is 30.9 Å². The van der Waals surface area contributed by atoms with E-state index in [1.807, 2.05) is 0 Å². The lowest BCUT2D eigenvalue weighted by Gasteiger charge is -2.27. The Balaban J connectivity index is 1.53. The fraction of sp³-hybridized carbons (Fsp3) is 0.556. The summed E-state index contributed by atoms with van der Waals surface area (Å²) in [5.74, 6) is -0.619. The van der Waals surface area contributed by atoms with E-state index in [4.69, 9.17) is 16.3 Å². The van der Waals surface area contributed by atoms with Crippen molar-refractivity contribution in [2.45, 2.75) is 29.5 Å². The van der Waals surface area contributed by atoms with Crippen LogP contribution in [0.4, 0.5) is 4.39 Å². The molecule has 166 valence electrons. The lowest BCUT2D eigenvalue weighted by atomic mass is 9.95. The van der Waals surface area contributed by atoms with Gasteiger partial charge >= 0.3 is 0 Å². The molecule has 5 atom stereocenters. The van der Waals surface area contributed by atoms with Gasteiger partial charge in [-0.05, 0) is 23.0 Å². The maximum absolute atomic E-state index is 12.5. The normalized spacial score (nSPS) is 39.3. The molecule has 3 N–H and O–H groups in total. The third-order valence-corrected chi connectivity index (χ3v) is 12.8. The first-order valence-corrected chi connectivity index (χ1v) is 14.1. The number of carbonyl (C=O) groups is 2. The Bertz CT molecular complexity index is 845. The summed E-state index contributed by atoms with van der Waals surface area (Å²) >= 11 is 5.49. The van der Waals surface area contributed by atoms with Gasteiger partial charge in [0, 0.05) is 18.6 Å².